The fourth-order valence-corrected chi connectivity index (χ4v) is 4.98. The van der Waals surface area contributed by atoms with Gasteiger partial charge in [-0.05, 0) is 69.0 Å². The highest BCUT2D eigenvalue weighted by molar-refractivity contribution is 7.93. The monoisotopic (exact) mass is 483 g/mol. The molecule has 0 amide bonds. The summed E-state index contributed by atoms with van der Waals surface area (Å²) in [6.07, 6.45) is 3.18. The number of hydrogen-bond acceptors (Lipinski definition) is 8. The van der Waals surface area contributed by atoms with Crippen molar-refractivity contribution in [1.82, 2.24) is 9.97 Å². The fraction of sp³-hybridized carbons (Fsp3) is 0.333. The summed E-state index contributed by atoms with van der Waals surface area (Å²) in [5, 5.41) is 6.28. The largest absolute Gasteiger partial charge is 0.493 e. The highest BCUT2D eigenvalue weighted by atomic mass is 32.2. The molecule has 0 bridgehead atoms. The number of hydrogen-bond donors (Lipinski definition) is 3. The van der Waals surface area contributed by atoms with Crippen molar-refractivity contribution < 1.29 is 17.9 Å². The second-order valence-electron chi connectivity index (χ2n) is 8.38. The second kappa shape index (κ2) is 9.38. The van der Waals surface area contributed by atoms with E-state index in [1.165, 1.54) is 0 Å². The third-order valence-corrected chi connectivity index (χ3v) is 7.46. The van der Waals surface area contributed by atoms with Crippen LogP contribution in [0.2, 0.25) is 0 Å². The van der Waals surface area contributed by atoms with Crippen molar-refractivity contribution in [3.8, 4) is 11.5 Å². The number of sulfonamides is 1. The van der Waals surface area contributed by atoms with Gasteiger partial charge in [0.05, 0.1) is 19.5 Å². The van der Waals surface area contributed by atoms with E-state index in [9.17, 15) is 8.42 Å². The Labute approximate surface area is 200 Å². The number of nitrogens with one attached hydrogen (secondary N) is 3. The molecule has 3 aromatic rings. The molecule has 0 saturated heterocycles. The van der Waals surface area contributed by atoms with Crippen molar-refractivity contribution in [1.29, 1.82) is 0 Å². The Balaban J connectivity index is 1.53. The Morgan fingerprint density at radius 1 is 0.912 bits per heavy atom. The predicted molar refractivity (Wildman–Crippen MR) is 134 cm³/mol. The van der Waals surface area contributed by atoms with Gasteiger partial charge in [0.1, 0.15) is 5.82 Å². The van der Waals surface area contributed by atoms with Crippen molar-refractivity contribution in [3.63, 3.8) is 0 Å². The number of methoxy groups -OCH3 is 2. The zero-order chi connectivity index (χ0) is 24.5. The van der Waals surface area contributed by atoms with Crippen molar-refractivity contribution >= 4 is 38.9 Å². The first-order valence-electron chi connectivity index (χ1n) is 10.9. The molecule has 10 heteroatoms. The van der Waals surface area contributed by atoms with Gasteiger partial charge < -0.3 is 20.1 Å². The van der Waals surface area contributed by atoms with Gasteiger partial charge >= 0.3 is 0 Å². The minimum absolute atomic E-state index is 0.269. The van der Waals surface area contributed by atoms with Crippen LogP contribution in [0.25, 0.3) is 0 Å². The molecule has 180 valence electrons. The molecular weight excluding hydrogens is 454 g/mol. The number of benzene rings is 2. The van der Waals surface area contributed by atoms with Crippen LogP contribution in [0.3, 0.4) is 0 Å². The quantitative estimate of drug-likeness (QED) is 0.397. The SMILES string of the molecule is COc1cc(Nc2ncc(C)c(Nc3ccc(NS(=O)(=O)C4CC4)cc3C)n2)cc(C)c1OC. The average Bonchev–Trinajstić information content (AvgIpc) is 3.63. The standard InChI is InChI=1S/C24H29N5O4S/c1-14-10-17(29-34(30,31)19-7-8-19)6-9-20(14)27-23-16(3)13-25-24(28-23)26-18-11-15(2)22(33-5)21(12-18)32-4/h6,9-13,19,29H,7-8H2,1-5H3,(H2,25,26,27,28). The Hall–Kier alpha value is -3.53. The van der Waals surface area contributed by atoms with Crippen LogP contribution in [0.4, 0.5) is 28.8 Å². The summed E-state index contributed by atoms with van der Waals surface area (Å²) in [6, 6.07) is 9.16. The Kier molecular flexibility index (Phi) is 6.52. The fourth-order valence-electron chi connectivity index (χ4n) is 3.61. The number of rotatable bonds is 9. The molecule has 9 nitrogen and oxygen atoms in total. The summed E-state index contributed by atoms with van der Waals surface area (Å²) in [4.78, 5) is 9.02. The number of aromatic nitrogens is 2. The maximum absolute atomic E-state index is 12.2. The molecule has 3 N–H and O–H groups in total. The van der Waals surface area contributed by atoms with Gasteiger partial charge in [-0.3, -0.25) is 4.72 Å². The minimum atomic E-state index is -3.30. The Morgan fingerprint density at radius 3 is 2.29 bits per heavy atom. The van der Waals surface area contributed by atoms with Crippen molar-refractivity contribution in [3.05, 3.63) is 53.2 Å². The maximum Gasteiger partial charge on any atom is 0.235 e. The van der Waals surface area contributed by atoms with Gasteiger partial charge in [0.25, 0.3) is 0 Å². The molecule has 1 aliphatic carbocycles. The van der Waals surface area contributed by atoms with Gasteiger partial charge in [-0.25, -0.2) is 13.4 Å². The normalized spacial score (nSPS) is 13.3. The predicted octanol–water partition coefficient (Wildman–Crippen LogP) is 4.81. The first-order valence-corrected chi connectivity index (χ1v) is 12.5. The highest BCUT2D eigenvalue weighted by Gasteiger charge is 2.35. The van der Waals surface area contributed by atoms with Crippen molar-refractivity contribution in [2.24, 2.45) is 0 Å². The summed E-state index contributed by atoms with van der Waals surface area (Å²) in [7, 11) is -0.0995. The molecule has 0 aliphatic heterocycles. The van der Waals surface area contributed by atoms with E-state index in [2.05, 4.69) is 25.3 Å². The lowest BCUT2D eigenvalue weighted by Gasteiger charge is -2.15. The number of aryl methyl sites for hydroxylation is 3. The molecule has 0 atom stereocenters. The molecule has 1 aliphatic rings. The summed E-state index contributed by atoms with van der Waals surface area (Å²) in [5.74, 6) is 2.36. The lowest BCUT2D eigenvalue weighted by molar-refractivity contribution is 0.353. The molecule has 34 heavy (non-hydrogen) atoms. The molecule has 2 aromatic carbocycles. The molecule has 0 unspecified atom stereocenters. The van der Waals surface area contributed by atoms with Crippen LogP contribution in [-0.2, 0) is 10.0 Å². The average molecular weight is 484 g/mol. The van der Waals surface area contributed by atoms with Gasteiger partial charge in [0.2, 0.25) is 16.0 Å². The number of nitrogens with zero attached hydrogens (tertiary/aromatic N) is 2. The first kappa shape index (κ1) is 23.6. The third-order valence-electron chi connectivity index (χ3n) is 5.60. The van der Waals surface area contributed by atoms with E-state index in [0.29, 0.717) is 29.0 Å². The van der Waals surface area contributed by atoms with E-state index in [1.807, 2.05) is 45.0 Å². The van der Waals surface area contributed by atoms with E-state index < -0.39 is 10.0 Å². The number of anilines is 5. The van der Waals surface area contributed by atoms with Gasteiger partial charge in [0, 0.05) is 34.9 Å². The van der Waals surface area contributed by atoms with Gasteiger partial charge in [-0.2, -0.15) is 4.98 Å². The molecule has 1 saturated carbocycles. The third kappa shape index (κ3) is 5.17. The van der Waals surface area contributed by atoms with E-state index in [1.54, 1.807) is 26.5 Å². The number of ether oxygens (including phenoxy) is 2. The van der Waals surface area contributed by atoms with Crippen LogP contribution in [0.1, 0.15) is 29.5 Å². The van der Waals surface area contributed by atoms with Crippen LogP contribution in [0.15, 0.2) is 36.5 Å². The summed E-state index contributed by atoms with van der Waals surface area (Å²) < 4.78 is 37.9. The smallest absolute Gasteiger partial charge is 0.235 e. The van der Waals surface area contributed by atoms with E-state index in [4.69, 9.17) is 9.47 Å². The van der Waals surface area contributed by atoms with Crippen molar-refractivity contribution in [2.75, 3.05) is 29.6 Å². The molecule has 1 fully saturated rings. The molecule has 0 spiro atoms. The van der Waals surface area contributed by atoms with E-state index in [0.717, 1.165) is 40.9 Å². The Bertz CT molecular complexity index is 1320. The van der Waals surface area contributed by atoms with Crippen molar-refractivity contribution in [2.45, 2.75) is 38.9 Å². The minimum Gasteiger partial charge on any atom is -0.493 e. The van der Waals surface area contributed by atoms with Gasteiger partial charge in [-0.15, -0.1) is 0 Å². The van der Waals surface area contributed by atoms with E-state index in [-0.39, 0.29) is 5.25 Å². The van der Waals surface area contributed by atoms with Crippen LogP contribution in [0, 0.1) is 20.8 Å². The van der Waals surface area contributed by atoms with Gasteiger partial charge in [-0.1, -0.05) is 0 Å². The summed E-state index contributed by atoms with van der Waals surface area (Å²) >= 11 is 0. The van der Waals surface area contributed by atoms with Crippen LogP contribution >= 0.6 is 0 Å². The summed E-state index contributed by atoms with van der Waals surface area (Å²) in [6.45, 7) is 5.77. The summed E-state index contributed by atoms with van der Waals surface area (Å²) in [5.41, 5.74) is 4.83. The second-order valence-corrected chi connectivity index (χ2v) is 10.3. The molecule has 1 aromatic heterocycles. The van der Waals surface area contributed by atoms with Crippen LogP contribution in [0.5, 0.6) is 11.5 Å². The topological polar surface area (TPSA) is 114 Å². The van der Waals surface area contributed by atoms with Crippen LogP contribution < -0.4 is 24.8 Å². The van der Waals surface area contributed by atoms with Crippen LogP contribution in [-0.4, -0.2) is 37.9 Å². The molecule has 0 radical (unpaired) electrons. The molecule has 1 heterocycles. The highest BCUT2D eigenvalue weighted by Crippen LogP contribution is 2.35. The first-order chi connectivity index (χ1) is 16.2. The maximum atomic E-state index is 12.2. The lowest BCUT2D eigenvalue weighted by Crippen LogP contribution is -2.17. The lowest BCUT2D eigenvalue weighted by atomic mass is 10.1. The Morgan fingerprint density at radius 2 is 1.65 bits per heavy atom. The molecular formula is C24H29N5O4S. The van der Waals surface area contributed by atoms with E-state index >= 15 is 0 Å². The molecule has 4 rings (SSSR count). The zero-order valence-electron chi connectivity index (χ0n) is 19.9. The zero-order valence-corrected chi connectivity index (χ0v) is 20.7. The van der Waals surface area contributed by atoms with Gasteiger partial charge in [0.15, 0.2) is 11.5 Å².